The lowest BCUT2D eigenvalue weighted by Gasteiger charge is -2.33. The van der Waals surface area contributed by atoms with Gasteiger partial charge in [0, 0.05) is 52.2 Å². The lowest BCUT2D eigenvalue weighted by Crippen LogP contribution is -2.43. The van der Waals surface area contributed by atoms with Gasteiger partial charge in [-0.05, 0) is 68.5 Å². The van der Waals surface area contributed by atoms with E-state index >= 15 is 0 Å². The van der Waals surface area contributed by atoms with Gasteiger partial charge >= 0.3 is 0 Å². The molecular weight excluding hydrogens is 571 g/mol. The molecule has 2 aliphatic heterocycles. The highest BCUT2D eigenvalue weighted by atomic mass is 35.5. The quantitative estimate of drug-likeness (QED) is 0.343. The second-order valence-electron chi connectivity index (χ2n) is 11.9. The van der Waals surface area contributed by atoms with Crippen LogP contribution < -0.4 is 5.32 Å². The van der Waals surface area contributed by atoms with Crippen molar-refractivity contribution < 1.29 is 14.3 Å². The Morgan fingerprint density at radius 1 is 0.857 bits per heavy atom. The molecule has 3 aromatic rings. The predicted molar refractivity (Wildman–Crippen MR) is 167 cm³/mol. The van der Waals surface area contributed by atoms with Crippen LogP contribution in [0.3, 0.4) is 0 Å². The number of nitrogens with zero attached hydrogens (tertiary/aromatic N) is 3. The number of hydrogen-bond donors (Lipinski definition) is 1. The van der Waals surface area contributed by atoms with Crippen molar-refractivity contribution in [2.45, 2.75) is 70.0 Å². The molecule has 0 unspecified atom stereocenters. The number of benzene rings is 2. The number of morpholine rings is 1. The maximum Gasteiger partial charge on any atom is 0.271 e. The van der Waals surface area contributed by atoms with E-state index in [0.29, 0.717) is 44.5 Å². The SMILES string of the molecule is O=C(Cn1c(C(=O)N2CCOCC2)c(CN2CCC(c3c(Cl)cccc3Cl)CC2)c2ccccc21)NC1CCCCC1. The molecule has 0 atom stereocenters. The molecule has 1 saturated carbocycles. The van der Waals surface area contributed by atoms with E-state index in [1.165, 1.54) is 6.42 Å². The number of piperidine rings is 1. The molecular formula is C33H40Cl2N4O3. The number of para-hydroxylation sites is 1. The van der Waals surface area contributed by atoms with Crippen LogP contribution in [0.5, 0.6) is 0 Å². The third-order valence-corrected chi connectivity index (χ3v) is 9.89. The van der Waals surface area contributed by atoms with Crippen LogP contribution in [-0.2, 0) is 22.6 Å². The molecule has 1 aliphatic carbocycles. The molecule has 7 nitrogen and oxygen atoms in total. The summed E-state index contributed by atoms with van der Waals surface area (Å²) in [7, 11) is 0. The highest BCUT2D eigenvalue weighted by Crippen LogP contribution is 2.38. The van der Waals surface area contributed by atoms with Crippen molar-refractivity contribution >= 4 is 45.9 Å². The molecule has 3 aliphatic rings. The zero-order valence-electron chi connectivity index (χ0n) is 24.1. The second-order valence-corrected chi connectivity index (χ2v) is 12.7. The Morgan fingerprint density at radius 2 is 1.55 bits per heavy atom. The Morgan fingerprint density at radius 3 is 2.26 bits per heavy atom. The number of nitrogens with one attached hydrogen (secondary N) is 1. The van der Waals surface area contributed by atoms with E-state index in [1.54, 1.807) is 0 Å². The number of rotatable bonds is 7. The van der Waals surface area contributed by atoms with Crippen LogP contribution in [0.25, 0.3) is 10.9 Å². The van der Waals surface area contributed by atoms with Gasteiger partial charge in [-0.15, -0.1) is 0 Å². The number of halogens is 2. The zero-order valence-corrected chi connectivity index (χ0v) is 25.6. The summed E-state index contributed by atoms with van der Waals surface area (Å²) in [5, 5.41) is 5.76. The first-order valence-corrected chi connectivity index (χ1v) is 16.2. The second kappa shape index (κ2) is 13.4. The highest BCUT2D eigenvalue weighted by Gasteiger charge is 2.31. The summed E-state index contributed by atoms with van der Waals surface area (Å²) < 4.78 is 7.52. The summed E-state index contributed by atoms with van der Waals surface area (Å²) in [5.74, 6) is 0.261. The average Bonchev–Trinajstić information content (AvgIpc) is 3.31. The van der Waals surface area contributed by atoms with Crippen molar-refractivity contribution in [3.63, 3.8) is 0 Å². The normalized spacial score (nSPS) is 19.3. The number of likely N-dealkylation sites (tertiary alicyclic amines) is 1. The Bertz CT molecular complexity index is 1400. The molecule has 0 bridgehead atoms. The highest BCUT2D eigenvalue weighted by molar-refractivity contribution is 6.36. The van der Waals surface area contributed by atoms with E-state index in [0.717, 1.165) is 83.7 Å². The number of amides is 2. The van der Waals surface area contributed by atoms with E-state index in [9.17, 15) is 9.59 Å². The van der Waals surface area contributed by atoms with Crippen LogP contribution in [0.4, 0.5) is 0 Å². The van der Waals surface area contributed by atoms with E-state index in [4.69, 9.17) is 27.9 Å². The minimum absolute atomic E-state index is 0.0206. The van der Waals surface area contributed by atoms with E-state index in [1.807, 2.05) is 45.9 Å². The first-order valence-electron chi connectivity index (χ1n) is 15.4. The largest absolute Gasteiger partial charge is 0.378 e. The molecule has 1 N–H and O–H groups in total. The number of ether oxygens (including phenoxy) is 1. The van der Waals surface area contributed by atoms with Gasteiger partial charge in [0.05, 0.1) is 13.2 Å². The lowest BCUT2D eigenvalue weighted by molar-refractivity contribution is -0.122. The summed E-state index contributed by atoms with van der Waals surface area (Å²) in [4.78, 5) is 31.9. The molecule has 0 spiro atoms. The van der Waals surface area contributed by atoms with Gasteiger partial charge in [0.2, 0.25) is 5.91 Å². The monoisotopic (exact) mass is 610 g/mol. The smallest absolute Gasteiger partial charge is 0.271 e. The predicted octanol–water partition coefficient (Wildman–Crippen LogP) is 6.25. The minimum Gasteiger partial charge on any atom is -0.378 e. The molecule has 9 heteroatoms. The van der Waals surface area contributed by atoms with Crippen molar-refractivity contribution in [2.75, 3.05) is 39.4 Å². The Labute approximate surface area is 258 Å². The number of carbonyl (C=O) groups is 2. The fourth-order valence-electron chi connectivity index (χ4n) is 7.03. The van der Waals surface area contributed by atoms with Crippen LogP contribution in [0.15, 0.2) is 42.5 Å². The molecule has 6 rings (SSSR count). The molecule has 3 heterocycles. The zero-order chi connectivity index (χ0) is 29.1. The first-order chi connectivity index (χ1) is 20.5. The summed E-state index contributed by atoms with van der Waals surface area (Å²) in [6.45, 7) is 4.69. The van der Waals surface area contributed by atoms with Crippen molar-refractivity contribution in [1.29, 1.82) is 0 Å². The molecule has 3 fully saturated rings. The maximum atomic E-state index is 14.2. The van der Waals surface area contributed by atoms with Crippen molar-refractivity contribution in [1.82, 2.24) is 19.7 Å². The van der Waals surface area contributed by atoms with Gasteiger partial charge in [-0.2, -0.15) is 0 Å². The van der Waals surface area contributed by atoms with Crippen molar-refractivity contribution in [2.24, 2.45) is 0 Å². The van der Waals surface area contributed by atoms with Crippen LogP contribution in [0.2, 0.25) is 10.0 Å². The van der Waals surface area contributed by atoms with E-state index in [-0.39, 0.29) is 24.4 Å². The number of fused-ring (bicyclic) bond motifs is 1. The van der Waals surface area contributed by atoms with Crippen LogP contribution in [0, 0.1) is 0 Å². The van der Waals surface area contributed by atoms with Crippen molar-refractivity contribution in [3.05, 3.63) is 69.3 Å². The van der Waals surface area contributed by atoms with Crippen LogP contribution in [-0.4, -0.2) is 71.6 Å². The van der Waals surface area contributed by atoms with Gasteiger partial charge < -0.3 is 19.5 Å². The Balaban J connectivity index is 1.29. The Hall–Kier alpha value is -2.58. The molecule has 42 heavy (non-hydrogen) atoms. The minimum atomic E-state index is -0.0253. The average molecular weight is 612 g/mol. The lowest BCUT2D eigenvalue weighted by atomic mass is 9.89. The van der Waals surface area contributed by atoms with Gasteiger partial charge in [-0.25, -0.2) is 0 Å². The van der Waals surface area contributed by atoms with Gasteiger partial charge in [0.15, 0.2) is 0 Å². The molecule has 224 valence electrons. The number of carbonyl (C=O) groups excluding carboxylic acids is 2. The van der Waals surface area contributed by atoms with E-state index in [2.05, 4.69) is 16.3 Å². The molecule has 1 aromatic heterocycles. The number of hydrogen-bond acceptors (Lipinski definition) is 4. The first kappa shape index (κ1) is 29.5. The summed E-state index contributed by atoms with van der Waals surface area (Å²) >= 11 is 13.1. The topological polar surface area (TPSA) is 66.8 Å². The standard InChI is InChI=1S/C33H40Cl2N4O3/c34-27-10-6-11-28(35)31(27)23-13-15-37(16-14-23)21-26-25-9-4-5-12-29(25)39(22-30(40)36-24-7-2-1-3-8-24)32(26)33(41)38-17-19-42-20-18-38/h4-6,9-12,23-24H,1-3,7-8,13-22H2,(H,36,40). The molecule has 2 saturated heterocycles. The summed E-state index contributed by atoms with van der Waals surface area (Å²) in [5.41, 5.74) is 3.61. The molecule has 0 radical (unpaired) electrons. The maximum absolute atomic E-state index is 14.2. The Kier molecular flexibility index (Phi) is 9.39. The third-order valence-electron chi connectivity index (χ3n) is 9.23. The van der Waals surface area contributed by atoms with Gasteiger partial charge in [-0.3, -0.25) is 14.5 Å². The van der Waals surface area contributed by atoms with Crippen LogP contribution >= 0.6 is 23.2 Å². The fourth-order valence-corrected chi connectivity index (χ4v) is 7.73. The van der Waals surface area contributed by atoms with Gasteiger partial charge in [0.25, 0.3) is 5.91 Å². The molecule has 2 amide bonds. The molecule has 2 aromatic carbocycles. The number of aromatic nitrogens is 1. The van der Waals surface area contributed by atoms with E-state index < -0.39 is 0 Å². The van der Waals surface area contributed by atoms with Crippen molar-refractivity contribution in [3.8, 4) is 0 Å². The van der Waals surface area contributed by atoms with Gasteiger partial charge in [-0.1, -0.05) is 66.7 Å². The third kappa shape index (κ3) is 6.35. The fraction of sp³-hybridized carbons (Fsp3) is 0.515. The van der Waals surface area contributed by atoms with Crippen LogP contribution in [0.1, 0.15) is 72.5 Å². The van der Waals surface area contributed by atoms with Gasteiger partial charge in [0.1, 0.15) is 12.2 Å². The summed E-state index contributed by atoms with van der Waals surface area (Å²) in [6.07, 6.45) is 7.48. The summed E-state index contributed by atoms with van der Waals surface area (Å²) in [6, 6.07) is 14.1.